The average Bonchev–Trinajstić information content (AvgIpc) is 2.44. The second kappa shape index (κ2) is 6.61. The van der Waals surface area contributed by atoms with E-state index in [0.29, 0.717) is 5.54 Å². The van der Waals surface area contributed by atoms with Crippen LogP contribution in [0.2, 0.25) is 0 Å². The number of likely N-dealkylation sites (tertiary alicyclic amines) is 1. The predicted octanol–water partition coefficient (Wildman–Crippen LogP) is 3.03. The highest BCUT2D eigenvalue weighted by Crippen LogP contribution is 2.15. The zero-order chi connectivity index (χ0) is 12.0. The van der Waals surface area contributed by atoms with Crippen molar-refractivity contribution in [1.82, 2.24) is 10.2 Å². The van der Waals surface area contributed by atoms with Crippen molar-refractivity contribution in [2.45, 2.75) is 71.4 Å². The van der Waals surface area contributed by atoms with Gasteiger partial charge in [-0.2, -0.15) is 0 Å². The van der Waals surface area contributed by atoms with Crippen LogP contribution >= 0.6 is 0 Å². The molecule has 0 aromatic carbocycles. The van der Waals surface area contributed by atoms with E-state index in [1.807, 2.05) is 0 Å². The predicted molar refractivity (Wildman–Crippen MR) is 71.9 cm³/mol. The van der Waals surface area contributed by atoms with Gasteiger partial charge in [-0.3, -0.25) is 4.90 Å². The van der Waals surface area contributed by atoms with Crippen molar-refractivity contribution in [3.05, 3.63) is 0 Å². The van der Waals surface area contributed by atoms with Crippen LogP contribution in [0.3, 0.4) is 0 Å². The number of hydrogen-bond acceptors (Lipinski definition) is 2. The van der Waals surface area contributed by atoms with Crippen molar-refractivity contribution in [3.63, 3.8) is 0 Å². The first-order valence-electron chi connectivity index (χ1n) is 7.04. The van der Waals surface area contributed by atoms with Crippen molar-refractivity contribution in [1.29, 1.82) is 0 Å². The van der Waals surface area contributed by atoms with Gasteiger partial charge in [0.2, 0.25) is 0 Å². The van der Waals surface area contributed by atoms with E-state index < -0.39 is 0 Å². The smallest absolute Gasteiger partial charge is 0.0123 e. The van der Waals surface area contributed by atoms with Crippen molar-refractivity contribution in [2.75, 3.05) is 19.6 Å². The van der Waals surface area contributed by atoms with E-state index in [0.717, 1.165) is 12.6 Å². The van der Waals surface area contributed by atoms with E-state index in [2.05, 4.69) is 37.9 Å². The quantitative estimate of drug-likeness (QED) is 0.775. The highest BCUT2D eigenvalue weighted by molar-refractivity contribution is 4.77. The molecule has 1 aliphatic heterocycles. The highest BCUT2D eigenvalue weighted by atomic mass is 15.2. The van der Waals surface area contributed by atoms with Crippen LogP contribution in [0.15, 0.2) is 0 Å². The van der Waals surface area contributed by atoms with E-state index in [4.69, 9.17) is 0 Å². The third kappa shape index (κ3) is 4.84. The second-order valence-electron chi connectivity index (χ2n) is 5.90. The summed E-state index contributed by atoms with van der Waals surface area (Å²) in [6.45, 7) is 12.9. The van der Waals surface area contributed by atoms with Crippen molar-refractivity contribution in [2.24, 2.45) is 0 Å². The number of rotatable bonds is 5. The van der Waals surface area contributed by atoms with E-state index in [9.17, 15) is 0 Å². The number of nitrogens with one attached hydrogen (secondary N) is 1. The molecule has 1 heterocycles. The first-order chi connectivity index (χ1) is 7.55. The molecule has 0 radical (unpaired) electrons. The SMILES string of the molecule is CCC(C)(C)NCCN1CCCCCC1C. The normalized spacial score (nSPS) is 24.4. The fourth-order valence-electron chi connectivity index (χ4n) is 2.33. The summed E-state index contributed by atoms with van der Waals surface area (Å²) in [4.78, 5) is 2.66. The molecule has 1 atom stereocenters. The first-order valence-corrected chi connectivity index (χ1v) is 7.04. The van der Waals surface area contributed by atoms with Gasteiger partial charge >= 0.3 is 0 Å². The molecule has 0 spiro atoms. The summed E-state index contributed by atoms with van der Waals surface area (Å²) < 4.78 is 0. The molecule has 0 aliphatic carbocycles. The minimum atomic E-state index is 0.301. The Bertz CT molecular complexity index is 189. The fourth-order valence-corrected chi connectivity index (χ4v) is 2.33. The summed E-state index contributed by atoms with van der Waals surface area (Å²) in [5.74, 6) is 0. The van der Waals surface area contributed by atoms with Crippen LogP contribution in [0.25, 0.3) is 0 Å². The van der Waals surface area contributed by atoms with Crippen LogP contribution < -0.4 is 5.32 Å². The summed E-state index contributed by atoms with van der Waals surface area (Å²) in [6.07, 6.45) is 6.82. The fraction of sp³-hybridized carbons (Fsp3) is 1.00. The van der Waals surface area contributed by atoms with Crippen LogP contribution in [-0.2, 0) is 0 Å². The minimum absolute atomic E-state index is 0.301. The molecule has 2 nitrogen and oxygen atoms in total. The lowest BCUT2D eigenvalue weighted by Crippen LogP contribution is -2.45. The lowest BCUT2D eigenvalue weighted by atomic mass is 10.0. The molecule has 1 fully saturated rings. The zero-order valence-corrected chi connectivity index (χ0v) is 11.7. The first kappa shape index (κ1) is 14.0. The maximum Gasteiger partial charge on any atom is 0.0123 e. The molecular formula is C14H30N2. The lowest BCUT2D eigenvalue weighted by molar-refractivity contribution is 0.205. The lowest BCUT2D eigenvalue weighted by Gasteiger charge is -2.30. The summed E-state index contributed by atoms with van der Waals surface area (Å²) in [6, 6.07) is 0.786. The molecule has 1 rings (SSSR count). The summed E-state index contributed by atoms with van der Waals surface area (Å²) in [5.41, 5.74) is 0.301. The van der Waals surface area contributed by atoms with E-state index in [1.54, 1.807) is 0 Å². The maximum atomic E-state index is 3.66. The molecule has 0 amide bonds. The minimum Gasteiger partial charge on any atom is -0.311 e. The molecule has 1 N–H and O–H groups in total. The van der Waals surface area contributed by atoms with Gasteiger partial charge in [0.1, 0.15) is 0 Å². The van der Waals surface area contributed by atoms with Crippen LogP contribution in [-0.4, -0.2) is 36.1 Å². The standard InChI is InChI=1S/C14H30N2/c1-5-14(3,4)15-10-12-16-11-8-6-7-9-13(16)2/h13,15H,5-12H2,1-4H3. The number of nitrogens with zero attached hydrogens (tertiary/aromatic N) is 1. The highest BCUT2D eigenvalue weighted by Gasteiger charge is 2.18. The van der Waals surface area contributed by atoms with Gasteiger partial charge in [0, 0.05) is 24.7 Å². The Morgan fingerprint density at radius 1 is 1.25 bits per heavy atom. The van der Waals surface area contributed by atoms with Crippen LogP contribution in [0.1, 0.15) is 59.8 Å². The Morgan fingerprint density at radius 3 is 2.69 bits per heavy atom. The Morgan fingerprint density at radius 2 is 2.00 bits per heavy atom. The molecule has 2 heteroatoms. The largest absolute Gasteiger partial charge is 0.311 e. The van der Waals surface area contributed by atoms with Gasteiger partial charge in [-0.05, 0) is 46.6 Å². The van der Waals surface area contributed by atoms with Gasteiger partial charge in [-0.25, -0.2) is 0 Å². The van der Waals surface area contributed by atoms with Gasteiger partial charge < -0.3 is 5.32 Å². The molecule has 16 heavy (non-hydrogen) atoms. The molecular weight excluding hydrogens is 196 g/mol. The number of hydrogen-bond donors (Lipinski definition) is 1. The Labute approximate surface area is 102 Å². The maximum absolute atomic E-state index is 3.66. The van der Waals surface area contributed by atoms with Crippen LogP contribution in [0.5, 0.6) is 0 Å². The molecule has 0 aromatic heterocycles. The molecule has 1 unspecified atom stereocenters. The molecule has 0 saturated carbocycles. The summed E-state index contributed by atoms with van der Waals surface area (Å²) in [7, 11) is 0. The van der Waals surface area contributed by atoms with Crippen molar-refractivity contribution < 1.29 is 0 Å². The topological polar surface area (TPSA) is 15.3 Å². The Hall–Kier alpha value is -0.0800. The third-order valence-corrected chi connectivity index (χ3v) is 4.08. The van der Waals surface area contributed by atoms with Crippen LogP contribution in [0, 0.1) is 0 Å². The Kier molecular flexibility index (Phi) is 5.77. The zero-order valence-electron chi connectivity index (χ0n) is 11.7. The van der Waals surface area contributed by atoms with Gasteiger partial charge in [-0.1, -0.05) is 19.8 Å². The second-order valence-corrected chi connectivity index (χ2v) is 5.90. The monoisotopic (exact) mass is 226 g/mol. The van der Waals surface area contributed by atoms with E-state index >= 15 is 0 Å². The van der Waals surface area contributed by atoms with Gasteiger partial charge in [0.25, 0.3) is 0 Å². The average molecular weight is 226 g/mol. The van der Waals surface area contributed by atoms with Crippen molar-refractivity contribution >= 4 is 0 Å². The summed E-state index contributed by atoms with van der Waals surface area (Å²) in [5, 5.41) is 3.66. The van der Waals surface area contributed by atoms with Crippen molar-refractivity contribution in [3.8, 4) is 0 Å². The van der Waals surface area contributed by atoms with Gasteiger partial charge in [-0.15, -0.1) is 0 Å². The van der Waals surface area contributed by atoms with Gasteiger partial charge in [0.05, 0.1) is 0 Å². The molecule has 1 aliphatic rings. The summed E-state index contributed by atoms with van der Waals surface area (Å²) >= 11 is 0. The molecule has 0 bridgehead atoms. The van der Waals surface area contributed by atoms with E-state index in [-0.39, 0.29) is 0 Å². The Balaban J connectivity index is 2.25. The molecule has 1 saturated heterocycles. The molecule has 96 valence electrons. The molecule has 0 aromatic rings. The van der Waals surface area contributed by atoms with Gasteiger partial charge in [0.15, 0.2) is 0 Å². The van der Waals surface area contributed by atoms with E-state index in [1.165, 1.54) is 45.2 Å². The van der Waals surface area contributed by atoms with Crippen LogP contribution in [0.4, 0.5) is 0 Å². The third-order valence-electron chi connectivity index (χ3n) is 4.08.